The number of ether oxygens (including phenoxy) is 2. The van der Waals surface area contributed by atoms with Gasteiger partial charge < -0.3 is 14.8 Å². The number of aryl methyl sites for hydroxylation is 4. The topological polar surface area (TPSA) is 47.6 Å². The summed E-state index contributed by atoms with van der Waals surface area (Å²) in [4.78, 5) is 12.1. The van der Waals surface area contributed by atoms with Crippen LogP contribution in [-0.4, -0.2) is 25.2 Å². The quantitative estimate of drug-likeness (QED) is 0.778. The second-order valence-electron chi connectivity index (χ2n) is 6.39. The van der Waals surface area contributed by atoms with Gasteiger partial charge in [-0.1, -0.05) is 12.1 Å². The highest BCUT2D eigenvalue weighted by Gasteiger charge is 2.14. The molecule has 4 heteroatoms. The number of rotatable bonds is 7. The molecule has 25 heavy (non-hydrogen) atoms. The van der Waals surface area contributed by atoms with E-state index in [1.807, 2.05) is 50.2 Å². The van der Waals surface area contributed by atoms with Crippen LogP contribution in [0.4, 0.5) is 0 Å². The van der Waals surface area contributed by atoms with Crippen molar-refractivity contribution >= 4 is 5.91 Å². The van der Waals surface area contributed by atoms with E-state index in [4.69, 9.17) is 9.47 Å². The number of amides is 1. The smallest absolute Gasteiger partial charge is 0.260 e. The second-order valence-corrected chi connectivity index (χ2v) is 6.39. The summed E-state index contributed by atoms with van der Waals surface area (Å²) in [6.45, 7) is 10.8. The van der Waals surface area contributed by atoms with Gasteiger partial charge in [0, 0.05) is 0 Å². The van der Waals surface area contributed by atoms with Gasteiger partial charge in [-0.05, 0) is 81.1 Å². The molecule has 0 aromatic heterocycles. The van der Waals surface area contributed by atoms with Crippen LogP contribution < -0.4 is 14.8 Å². The van der Waals surface area contributed by atoms with E-state index >= 15 is 0 Å². The zero-order valence-corrected chi connectivity index (χ0v) is 15.7. The van der Waals surface area contributed by atoms with Gasteiger partial charge in [-0.3, -0.25) is 4.79 Å². The van der Waals surface area contributed by atoms with Gasteiger partial charge >= 0.3 is 0 Å². The highest BCUT2D eigenvalue weighted by Crippen LogP contribution is 2.18. The lowest BCUT2D eigenvalue weighted by Crippen LogP contribution is -2.38. The first-order valence-electron chi connectivity index (χ1n) is 8.58. The molecule has 1 amide bonds. The molecule has 0 aliphatic carbocycles. The molecule has 0 heterocycles. The van der Waals surface area contributed by atoms with Crippen LogP contribution in [-0.2, 0) is 4.79 Å². The number of carbonyl (C=O) groups excluding carboxylic acids is 1. The average molecular weight is 341 g/mol. The molecule has 0 saturated heterocycles. The molecule has 0 aliphatic heterocycles. The Balaban J connectivity index is 1.75. The fourth-order valence-corrected chi connectivity index (χ4v) is 2.34. The summed E-state index contributed by atoms with van der Waals surface area (Å²) in [5, 5.41) is 2.84. The van der Waals surface area contributed by atoms with E-state index in [1.54, 1.807) is 6.92 Å². The summed E-state index contributed by atoms with van der Waals surface area (Å²) in [5.41, 5.74) is 4.77. The molecule has 2 aromatic rings. The minimum absolute atomic E-state index is 0.151. The molecule has 0 bridgehead atoms. The molecule has 1 atom stereocenters. The number of nitrogens with one attached hydrogen (secondary N) is 1. The Bertz CT molecular complexity index is 740. The van der Waals surface area contributed by atoms with Crippen LogP contribution in [0.3, 0.4) is 0 Å². The maximum absolute atomic E-state index is 12.1. The highest BCUT2D eigenvalue weighted by molar-refractivity contribution is 5.80. The molecule has 0 radical (unpaired) electrons. The van der Waals surface area contributed by atoms with E-state index < -0.39 is 6.10 Å². The Morgan fingerprint density at radius 2 is 1.48 bits per heavy atom. The summed E-state index contributed by atoms with van der Waals surface area (Å²) >= 11 is 0. The Morgan fingerprint density at radius 3 is 2.08 bits per heavy atom. The molecular weight excluding hydrogens is 314 g/mol. The zero-order valence-electron chi connectivity index (χ0n) is 15.7. The van der Waals surface area contributed by atoms with Crippen molar-refractivity contribution in [2.24, 2.45) is 0 Å². The zero-order chi connectivity index (χ0) is 18.4. The molecule has 2 rings (SSSR count). The summed E-state index contributed by atoms with van der Waals surface area (Å²) in [6, 6.07) is 11.8. The molecule has 1 unspecified atom stereocenters. The van der Waals surface area contributed by atoms with Gasteiger partial charge in [0.05, 0.1) is 6.54 Å². The van der Waals surface area contributed by atoms with Gasteiger partial charge in [0.25, 0.3) is 5.91 Å². The van der Waals surface area contributed by atoms with Crippen molar-refractivity contribution < 1.29 is 14.3 Å². The molecule has 0 saturated carbocycles. The lowest BCUT2D eigenvalue weighted by Gasteiger charge is -2.16. The largest absolute Gasteiger partial charge is 0.492 e. The normalized spacial score (nSPS) is 11.7. The Hall–Kier alpha value is -2.49. The van der Waals surface area contributed by atoms with Gasteiger partial charge in [-0.25, -0.2) is 0 Å². The van der Waals surface area contributed by atoms with Gasteiger partial charge in [-0.2, -0.15) is 0 Å². The van der Waals surface area contributed by atoms with Gasteiger partial charge in [0.1, 0.15) is 18.1 Å². The highest BCUT2D eigenvalue weighted by atomic mass is 16.5. The third-order valence-electron chi connectivity index (χ3n) is 4.31. The predicted octanol–water partition coefficient (Wildman–Crippen LogP) is 3.88. The number of hydrogen-bond acceptors (Lipinski definition) is 3. The Kier molecular flexibility index (Phi) is 6.45. The first-order valence-corrected chi connectivity index (χ1v) is 8.58. The summed E-state index contributed by atoms with van der Waals surface area (Å²) in [5.74, 6) is 1.37. The lowest BCUT2D eigenvalue weighted by molar-refractivity contribution is -0.127. The van der Waals surface area contributed by atoms with E-state index in [1.165, 1.54) is 16.7 Å². The lowest BCUT2D eigenvalue weighted by atomic mass is 10.1. The number of hydrogen-bond donors (Lipinski definition) is 1. The standard InChI is InChI=1S/C21H27NO3/c1-14-6-8-19(12-16(14)3)24-11-10-22-21(23)18(5)25-20-9-7-15(2)17(4)13-20/h6-9,12-13,18H,10-11H2,1-5H3,(H,22,23). The minimum Gasteiger partial charge on any atom is -0.492 e. The predicted molar refractivity (Wildman–Crippen MR) is 100 cm³/mol. The van der Waals surface area contributed by atoms with E-state index in [9.17, 15) is 4.79 Å². The van der Waals surface area contributed by atoms with Crippen LogP contribution >= 0.6 is 0 Å². The van der Waals surface area contributed by atoms with Crippen molar-refractivity contribution in [3.63, 3.8) is 0 Å². The molecule has 0 fully saturated rings. The van der Waals surface area contributed by atoms with Crippen molar-refractivity contribution in [2.75, 3.05) is 13.2 Å². The van der Waals surface area contributed by atoms with Crippen LogP contribution in [0.2, 0.25) is 0 Å². The van der Waals surface area contributed by atoms with Crippen LogP contribution in [0.1, 0.15) is 29.2 Å². The van der Waals surface area contributed by atoms with Gasteiger partial charge in [0.2, 0.25) is 0 Å². The van der Waals surface area contributed by atoms with E-state index in [0.29, 0.717) is 18.9 Å². The van der Waals surface area contributed by atoms with E-state index in [0.717, 1.165) is 11.3 Å². The van der Waals surface area contributed by atoms with Crippen LogP contribution in [0, 0.1) is 27.7 Å². The third kappa shape index (κ3) is 5.52. The fourth-order valence-electron chi connectivity index (χ4n) is 2.34. The molecule has 2 aromatic carbocycles. The molecular formula is C21H27NO3. The van der Waals surface area contributed by atoms with Gasteiger partial charge in [0.15, 0.2) is 6.10 Å². The second kappa shape index (κ2) is 8.56. The Labute approximate surface area is 150 Å². The van der Waals surface area contributed by atoms with Crippen LogP contribution in [0.25, 0.3) is 0 Å². The van der Waals surface area contributed by atoms with Crippen LogP contribution in [0.5, 0.6) is 11.5 Å². The SMILES string of the molecule is Cc1ccc(OCCNC(=O)C(C)Oc2ccc(C)c(C)c2)cc1C. The van der Waals surface area contributed by atoms with Crippen molar-refractivity contribution in [3.05, 3.63) is 58.7 Å². The number of carbonyl (C=O) groups is 1. The monoisotopic (exact) mass is 341 g/mol. The number of benzene rings is 2. The molecule has 4 nitrogen and oxygen atoms in total. The van der Waals surface area contributed by atoms with Crippen molar-refractivity contribution in [1.29, 1.82) is 0 Å². The third-order valence-corrected chi connectivity index (χ3v) is 4.31. The maximum atomic E-state index is 12.1. The summed E-state index contributed by atoms with van der Waals surface area (Å²) < 4.78 is 11.4. The first kappa shape index (κ1) is 18.8. The van der Waals surface area contributed by atoms with E-state index in [2.05, 4.69) is 19.2 Å². The van der Waals surface area contributed by atoms with Gasteiger partial charge in [-0.15, -0.1) is 0 Å². The van der Waals surface area contributed by atoms with Crippen molar-refractivity contribution in [2.45, 2.75) is 40.7 Å². The van der Waals surface area contributed by atoms with Crippen LogP contribution in [0.15, 0.2) is 36.4 Å². The Morgan fingerprint density at radius 1 is 0.920 bits per heavy atom. The average Bonchev–Trinajstić information content (AvgIpc) is 2.58. The van der Waals surface area contributed by atoms with Crippen molar-refractivity contribution in [1.82, 2.24) is 5.32 Å². The molecule has 134 valence electrons. The minimum atomic E-state index is -0.552. The maximum Gasteiger partial charge on any atom is 0.260 e. The van der Waals surface area contributed by atoms with E-state index in [-0.39, 0.29) is 5.91 Å². The summed E-state index contributed by atoms with van der Waals surface area (Å²) in [7, 11) is 0. The molecule has 1 N–H and O–H groups in total. The van der Waals surface area contributed by atoms with Crippen molar-refractivity contribution in [3.8, 4) is 11.5 Å². The summed E-state index contributed by atoms with van der Waals surface area (Å²) in [6.07, 6.45) is -0.552. The first-order chi connectivity index (χ1) is 11.9. The fraction of sp³-hybridized carbons (Fsp3) is 0.381. The molecule has 0 aliphatic rings. The molecule has 0 spiro atoms.